The molecule has 1 aliphatic heterocycles. The summed E-state index contributed by atoms with van der Waals surface area (Å²) in [5, 5.41) is 5.79. The van der Waals surface area contributed by atoms with E-state index >= 15 is 0 Å². The van der Waals surface area contributed by atoms with Crippen LogP contribution in [0, 0.1) is 0 Å². The Kier molecular flexibility index (Phi) is 4.39. The van der Waals surface area contributed by atoms with Crippen LogP contribution < -0.4 is 10.6 Å². The Morgan fingerprint density at radius 1 is 1.37 bits per heavy atom. The number of nitrogens with one attached hydrogen (secondary N) is 2. The number of anilines is 1. The molecule has 2 rings (SSSR count). The lowest BCUT2D eigenvalue weighted by molar-refractivity contribution is -0.136. The first-order valence-corrected chi connectivity index (χ1v) is 6.56. The fraction of sp³-hybridized carbons (Fsp3) is 0.429. The Labute approximate surface area is 113 Å². The number of hydrogen-bond acceptors (Lipinski definition) is 3. The molecule has 19 heavy (non-hydrogen) atoms. The SMILES string of the molecule is CCc1ccc(NCC(=O)N2CCNC(=O)C2)cc1. The number of nitrogens with zero attached hydrogens (tertiary/aromatic N) is 1. The monoisotopic (exact) mass is 261 g/mol. The molecule has 0 bridgehead atoms. The van der Waals surface area contributed by atoms with Gasteiger partial charge in [0.2, 0.25) is 11.8 Å². The number of amides is 2. The number of carbonyl (C=O) groups is 2. The van der Waals surface area contributed by atoms with E-state index in [1.54, 1.807) is 4.90 Å². The number of aryl methyl sites for hydroxylation is 1. The van der Waals surface area contributed by atoms with Crippen LogP contribution in [0.5, 0.6) is 0 Å². The van der Waals surface area contributed by atoms with Crippen molar-refractivity contribution in [1.82, 2.24) is 10.2 Å². The van der Waals surface area contributed by atoms with Gasteiger partial charge in [-0.1, -0.05) is 19.1 Å². The normalized spacial score (nSPS) is 15.0. The third-order valence-corrected chi connectivity index (χ3v) is 3.20. The summed E-state index contributed by atoms with van der Waals surface area (Å²) >= 11 is 0. The lowest BCUT2D eigenvalue weighted by Gasteiger charge is -2.26. The fourth-order valence-electron chi connectivity index (χ4n) is 2.00. The quantitative estimate of drug-likeness (QED) is 0.835. The second-order valence-corrected chi connectivity index (χ2v) is 4.57. The van der Waals surface area contributed by atoms with Crippen molar-refractivity contribution in [2.45, 2.75) is 13.3 Å². The standard InChI is InChI=1S/C14H19N3O2/c1-2-11-3-5-12(6-4-11)16-9-14(19)17-8-7-15-13(18)10-17/h3-6,16H,2,7-10H2,1H3,(H,15,18). The molecule has 1 fully saturated rings. The minimum absolute atomic E-state index is 0.0468. The van der Waals surface area contributed by atoms with E-state index < -0.39 is 0 Å². The van der Waals surface area contributed by atoms with E-state index in [1.807, 2.05) is 24.3 Å². The van der Waals surface area contributed by atoms with E-state index in [4.69, 9.17) is 0 Å². The molecule has 1 aliphatic rings. The van der Waals surface area contributed by atoms with E-state index in [-0.39, 0.29) is 24.9 Å². The summed E-state index contributed by atoms with van der Waals surface area (Å²) in [6.45, 7) is 3.61. The van der Waals surface area contributed by atoms with Gasteiger partial charge in [-0.3, -0.25) is 9.59 Å². The van der Waals surface area contributed by atoms with Crippen LogP contribution in [0.2, 0.25) is 0 Å². The van der Waals surface area contributed by atoms with Crippen molar-refractivity contribution in [3.05, 3.63) is 29.8 Å². The molecule has 0 atom stereocenters. The van der Waals surface area contributed by atoms with Crippen LogP contribution in [-0.2, 0) is 16.0 Å². The molecule has 1 aromatic rings. The maximum Gasteiger partial charge on any atom is 0.242 e. The van der Waals surface area contributed by atoms with Gasteiger partial charge >= 0.3 is 0 Å². The molecular weight excluding hydrogens is 242 g/mol. The van der Waals surface area contributed by atoms with Gasteiger partial charge in [0.05, 0.1) is 13.1 Å². The zero-order valence-corrected chi connectivity index (χ0v) is 11.1. The Morgan fingerprint density at radius 3 is 2.74 bits per heavy atom. The van der Waals surface area contributed by atoms with Crippen molar-refractivity contribution in [2.24, 2.45) is 0 Å². The van der Waals surface area contributed by atoms with Crippen molar-refractivity contribution in [3.8, 4) is 0 Å². The maximum absolute atomic E-state index is 11.9. The Hall–Kier alpha value is -2.04. The summed E-state index contributed by atoms with van der Waals surface area (Å²) in [5.41, 5.74) is 2.19. The third kappa shape index (κ3) is 3.71. The van der Waals surface area contributed by atoms with Gasteiger partial charge in [0.25, 0.3) is 0 Å². The average molecular weight is 261 g/mol. The molecule has 2 N–H and O–H groups in total. The number of piperazine rings is 1. The highest BCUT2D eigenvalue weighted by molar-refractivity contribution is 5.87. The zero-order valence-electron chi connectivity index (χ0n) is 11.1. The van der Waals surface area contributed by atoms with Crippen molar-refractivity contribution < 1.29 is 9.59 Å². The van der Waals surface area contributed by atoms with Crippen LogP contribution in [-0.4, -0.2) is 42.9 Å². The minimum Gasteiger partial charge on any atom is -0.376 e. The predicted octanol–water partition coefficient (Wildman–Crippen LogP) is 0.619. The molecule has 0 aromatic heterocycles. The highest BCUT2D eigenvalue weighted by atomic mass is 16.2. The summed E-state index contributed by atoms with van der Waals surface area (Å²) in [6.07, 6.45) is 1.00. The second-order valence-electron chi connectivity index (χ2n) is 4.57. The van der Waals surface area contributed by atoms with Gasteiger partial charge in [-0.15, -0.1) is 0 Å². The highest BCUT2D eigenvalue weighted by Gasteiger charge is 2.20. The first-order valence-electron chi connectivity index (χ1n) is 6.56. The van der Waals surface area contributed by atoms with Gasteiger partial charge in [0, 0.05) is 18.8 Å². The Bertz CT molecular complexity index is 456. The van der Waals surface area contributed by atoms with Gasteiger partial charge in [-0.25, -0.2) is 0 Å². The van der Waals surface area contributed by atoms with Crippen LogP contribution in [0.25, 0.3) is 0 Å². The summed E-state index contributed by atoms with van der Waals surface area (Å²) in [5.74, 6) is -0.138. The predicted molar refractivity (Wildman–Crippen MR) is 73.9 cm³/mol. The van der Waals surface area contributed by atoms with Crippen LogP contribution in [0.1, 0.15) is 12.5 Å². The maximum atomic E-state index is 11.9. The lowest BCUT2D eigenvalue weighted by atomic mass is 10.1. The molecule has 1 aromatic carbocycles. The van der Waals surface area contributed by atoms with Gasteiger partial charge in [0.15, 0.2) is 0 Å². The second kappa shape index (κ2) is 6.22. The molecule has 1 saturated heterocycles. The number of benzene rings is 1. The zero-order chi connectivity index (χ0) is 13.7. The van der Waals surface area contributed by atoms with Crippen LogP contribution in [0.3, 0.4) is 0 Å². The van der Waals surface area contributed by atoms with E-state index in [0.29, 0.717) is 13.1 Å². The molecule has 0 spiro atoms. The number of carbonyl (C=O) groups excluding carboxylic acids is 2. The summed E-state index contributed by atoms with van der Waals surface area (Å²) in [4.78, 5) is 24.7. The molecule has 5 nitrogen and oxygen atoms in total. The molecule has 0 saturated carbocycles. The smallest absolute Gasteiger partial charge is 0.242 e. The van der Waals surface area contributed by atoms with Gasteiger partial charge < -0.3 is 15.5 Å². The minimum atomic E-state index is -0.0908. The van der Waals surface area contributed by atoms with Crippen molar-refractivity contribution in [1.29, 1.82) is 0 Å². The van der Waals surface area contributed by atoms with Gasteiger partial charge in [0.1, 0.15) is 0 Å². The first kappa shape index (κ1) is 13.4. The van der Waals surface area contributed by atoms with Crippen LogP contribution >= 0.6 is 0 Å². The number of hydrogen-bond donors (Lipinski definition) is 2. The van der Waals surface area contributed by atoms with E-state index in [2.05, 4.69) is 17.6 Å². The van der Waals surface area contributed by atoms with Crippen LogP contribution in [0.4, 0.5) is 5.69 Å². The molecular formula is C14H19N3O2. The van der Waals surface area contributed by atoms with Crippen molar-refractivity contribution in [3.63, 3.8) is 0 Å². The highest BCUT2D eigenvalue weighted by Crippen LogP contribution is 2.09. The van der Waals surface area contributed by atoms with Crippen molar-refractivity contribution in [2.75, 3.05) is 31.5 Å². The molecule has 102 valence electrons. The van der Waals surface area contributed by atoms with Crippen molar-refractivity contribution >= 4 is 17.5 Å². The van der Waals surface area contributed by atoms with E-state index in [9.17, 15) is 9.59 Å². The van der Waals surface area contributed by atoms with E-state index in [1.165, 1.54) is 5.56 Å². The summed E-state index contributed by atoms with van der Waals surface area (Å²) < 4.78 is 0. The Balaban J connectivity index is 1.83. The van der Waals surface area contributed by atoms with Gasteiger partial charge in [-0.05, 0) is 24.1 Å². The Morgan fingerprint density at radius 2 is 2.11 bits per heavy atom. The molecule has 1 heterocycles. The van der Waals surface area contributed by atoms with Crippen LogP contribution in [0.15, 0.2) is 24.3 Å². The summed E-state index contributed by atoms with van der Waals surface area (Å²) in [7, 11) is 0. The molecule has 0 radical (unpaired) electrons. The molecule has 2 amide bonds. The average Bonchev–Trinajstić information content (AvgIpc) is 2.45. The first-order chi connectivity index (χ1) is 9.19. The molecule has 0 unspecified atom stereocenters. The summed E-state index contributed by atoms with van der Waals surface area (Å²) in [6, 6.07) is 8.02. The molecule has 0 aliphatic carbocycles. The van der Waals surface area contributed by atoms with E-state index in [0.717, 1.165) is 12.1 Å². The lowest BCUT2D eigenvalue weighted by Crippen LogP contribution is -2.51. The number of rotatable bonds is 4. The largest absolute Gasteiger partial charge is 0.376 e. The van der Waals surface area contributed by atoms with Gasteiger partial charge in [-0.2, -0.15) is 0 Å². The third-order valence-electron chi connectivity index (χ3n) is 3.20. The topological polar surface area (TPSA) is 61.4 Å². The molecule has 5 heteroatoms. The fourth-order valence-corrected chi connectivity index (χ4v) is 2.00.